The van der Waals surface area contributed by atoms with Crippen molar-refractivity contribution >= 4 is 21.4 Å². The molecule has 1 amide bonds. The second-order valence-electron chi connectivity index (χ2n) is 5.78. The quantitative estimate of drug-likeness (QED) is 0.842. The van der Waals surface area contributed by atoms with Crippen LogP contribution in [0.1, 0.15) is 10.4 Å². The molecule has 3 rings (SSSR count). The summed E-state index contributed by atoms with van der Waals surface area (Å²) in [6, 6.07) is 10.0. The summed E-state index contributed by atoms with van der Waals surface area (Å²) in [6.07, 6.45) is 4.68. The second-order valence-corrected chi connectivity index (χ2v) is 7.80. The minimum atomic E-state index is -3.24. The number of hydrogen-bond acceptors (Lipinski definition) is 5. The molecule has 7 heteroatoms. The van der Waals surface area contributed by atoms with Crippen molar-refractivity contribution < 1.29 is 13.2 Å². The summed E-state index contributed by atoms with van der Waals surface area (Å²) in [7, 11) is -3.24. The largest absolute Gasteiger partial charge is 0.368 e. The summed E-state index contributed by atoms with van der Waals surface area (Å²) in [5.74, 6) is -0.0653. The number of pyridine rings is 1. The zero-order valence-corrected chi connectivity index (χ0v) is 14.2. The van der Waals surface area contributed by atoms with Crippen LogP contribution in [0.3, 0.4) is 0 Å². The SMILES string of the molecule is CS(=O)(=O)c1ccc(C(=O)N2CCN(c3ccncc3)CC2)cc1. The number of nitrogens with zero attached hydrogens (tertiary/aromatic N) is 3. The van der Waals surface area contributed by atoms with Crippen LogP contribution in [0.25, 0.3) is 0 Å². The molecule has 0 spiro atoms. The van der Waals surface area contributed by atoms with Gasteiger partial charge in [-0.1, -0.05) is 0 Å². The maximum Gasteiger partial charge on any atom is 0.253 e. The Balaban J connectivity index is 1.65. The highest BCUT2D eigenvalue weighted by molar-refractivity contribution is 7.90. The van der Waals surface area contributed by atoms with E-state index in [1.54, 1.807) is 29.4 Å². The molecule has 1 aliphatic heterocycles. The number of benzene rings is 1. The van der Waals surface area contributed by atoms with Crippen LogP contribution in [0, 0.1) is 0 Å². The van der Waals surface area contributed by atoms with Gasteiger partial charge in [-0.2, -0.15) is 0 Å². The monoisotopic (exact) mass is 345 g/mol. The molecule has 6 nitrogen and oxygen atoms in total. The highest BCUT2D eigenvalue weighted by Crippen LogP contribution is 2.17. The zero-order chi connectivity index (χ0) is 17.2. The summed E-state index contributed by atoms with van der Waals surface area (Å²) in [4.78, 5) is 20.8. The summed E-state index contributed by atoms with van der Waals surface area (Å²) in [5, 5.41) is 0. The van der Waals surface area contributed by atoms with Gasteiger partial charge in [-0.05, 0) is 36.4 Å². The summed E-state index contributed by atoms with van der Waals surface area (Å²) < 4.78 is 23.0. The Labute approximate surface area is 141 Å². The number of piperazine rings is 1. The lowest BCUT2D eigenvalue weighted by Crippen LogP contribution is -2.48. The molecular weight excluding hydrogens is 326 g/mol. The van der Waals surface area contributed by atoms with E-state index < -0.39 is 9.84 Å². The Kier molecular flexibility index (Phi) is 4.53. The van der Waals surface area contributed by atoms with E-state index in [0.29, 0.717) is 18.7 Å². The van der Waals surface area contributed by atoms with Crippen LogP contribution >= 0.6 is 0 Å². The first-order chi connectivity index (χ1) is 11.4. The number of amides is 1. The number of rotatable bonds is 3. The lowest BCUT2D eigenvalue weighted by Gasteiger charge is -2.36. The minimum absolute atomic E-state index is 0.0653. The molecular formula is C17H19N3O3S. The van der Waals surface area contributed by atoms with Crippen molar-refractivity contribution in [1.82, 2.24) is 9.88 Å². The van der Waals surface area contributed by atoms with Crippen LogP contribution in [-0.2, 0) is 9.84 Å². The van der Waals surface area contributed by atoms with Gasteiger partial charge < -0.3 is 9.80 Å². The lowest BCUT2D eigenvalue weighted by molar-refractivity contribution is 0.0746. The maximum absolute atomic E-state index is 12.6. The smallest absolute Gasteiger partial charge is 0.253 e. The van der Waals surface area contributed by atoms with Gasteiger partial charge in [-0.25, -0.2) is 8.42 Å². The van der Waals surface area contributed by atoms with Crippen molar-refractivity contribution in [1.29, 1.82) is 0 Å². The van der Waals surface area contributed by atoms with Gasteiger partial charge >= 0.3 is 0 Å². The Morgan fingerprint density at radius 3 is 2.08 bits per heavy atom. The predicted octanol–water partition coefficient (Wildman–Crippen LogP) is 1.45. The van der Waals surface area contributed by atoms with Crippen molar-refractivity contribution in [2.24, 2.45) is 0 Å². The fourth-order valence-corrected chi connectivity index (χ4v) is 3.38. The van der Waals surface area contributed by atoms with Crippen LogP contribution < -0.4 is 4.90 Å². The third-order valence-corrected chi connectivity index (χ3v) is 5.25. The fraction of sp³-hybridized carbons (Fsp3) is 0.294. The Bertz CT molecular complexity index is 812. The Morgan fingerprint density at radius 2 is 1.54 bits per heavy atom. The molecule has 1 saturated heterocycles. The number of sulfone groups is 1. The Hall–Kier alpha value is -2.41. The maximum atomic E-state index is 12.6. The molecule has 1 aliphatic rings. The van der Waals surface area contributed by atoms with Crippen LogP contribution in [0.15, 0.2) is 53.7 Å². The van der Waals surface area contributed by atoms with Gasteiger partial charge in [0.2, 0.25) is 0 Å². The number of hydrogen-bond donors (Lipinski definition) is 0. The van der Waals surface area contributed by atoms with Gasteiger partial charge in [0.25, 0.3) is 5.91 Å². The van der Waals surface area contributed by atoms with E-state index in [9.17, 15) is 13.2 Å². The molecule has 0 saturated carbocycles. The molecule has 1 aromatic carbocycles. The van der Waals surface area contributed by atoms with E-state index in [4.69, 9.17) is 0 Å². The summed E-state index contributed by atoms with van der Waals surface area (Å²) in [5.41, 5.74) is 1.62. The Morgan fingerprint density at radius 1 is 0.958 bits per heavy atom. The highest BCUT2D eigenvalue weighted by Gasteiger charge is 2.22. The van der Waals surface area contributed by atoms with Crippen LogP contribution in [-0.4, -0.2) is 56.6 Å². The first kappa shape index (κ1) is 16.4. The first-order valence-corrected chi connectivity index (χ1v) is 9.59. The van der Waals surface area contributed by atoms with E-state index in [1.165, 1.54) is 12.1 Å². The second kappa shape index (κ2) is 6.60. The minimum Gasteiger partial charge on any atom is -0.368 e. The van der Waals surface area contributed by atoms with Crippen molar-refractivity contribution in [3.8, 4) is 0 Å². The van der Waals surface area contributed by atoms with Gasteiger partial charge in [0.1, 0.15) is 0 Å². The van der Waals surface area contributed by atoms with E-state index in [-0.39, 0.29) is 10.8 Å². The molecule has 2 aromatic rings. The predicted molar refractivity (Wildman–Crippen MR) is 91.9 cm³/mol. The topological polar surface area (TPSA) is 70.6 Å². The standard InChI is InChI=1S/C17H19N3O3S/c1-24(22,23)16-4-2-14(3-5-16)17(21)20-12-10-19(11-13-20)15-6-8-18-9-7-15/h2-9H,10-13H2,1H3. The molecule has 1 aromatic heterocycles. The molecule has 2 heterocycles. The molecule has 0 bridgehead atoms. The van der Waals surface area contributed by atoms with Crippen molar-refractivity contribution in [3.63, 3.8) is 0 Å². The normalized spacial score (nSPS) is 15.4. The van der Waals surface area contributed by atoms with Gasteiger partial charge in [0.05, 0.1) is 4.90 Å². The molecule has 1 fully saturated rings. The van der Waals surface area contributed by atoms with Crippen LogP contribution in [0.4, 0.5) is 5.69 Å². The van der Waals surface area contributed by atoms with E-state index in [0.717, 1.165) is 25.0 Å². The van der Waals surface area contributed by atoms with Crippen molar-refractivity contribution in [3.05, 3.63) is 54.4 Å². The van der Waals surface area contributed by atoms with Crippen molar-refractivity contribution in [2.75, 3.05) is 37.3 Å². The number of anilines is 1. The average molecular weight is 345 g/mol. The molecule has 24 heavy (non-hydrogen) atoms. The summed E-state index contributed by atoms with van der Waals surface area (Å²) in [6.45, 7) is 2.79. The van der Waals surface area contributed by atoms with Crippen LogP contribution in [0.2, 0.25) is 0 Å². The van der Waals surface area contributed by atoms with E-state index in [1.807, 2.05) is 12.1 Å². The molecule has 126 valence electrons. The van der Waals surface area contributed by atoms with Gasteiger partial charge in [0.15, 0.2) is 9.84 Å². The van der Waals surface area contributed by atoms with Crippen LogP contribution in [0.5, 0.6) is 0 Å². The fourth-order valence-electron chi connectivity index (χ4n) is 2.75. The molecule has 0 N–H and O–H groups in total. The molecule has 0 unspecified atom stereocenters. The summed E-state index contributed by atoms with van der Waals surface area (Å²) >= 11 is 0. The lowest BCUT2D eigenvalue weighted by atomic mass is 10.2. The number of carbonyl (C=O) groups is 1. The number of carbonyl (C=O) groups excluding carboxylic acids is 1. The highest BCUT2D eigenvalue weighted by atomic mass is 32.2. The van der Waals surface area contributed by atoms with Crippen molar-refractivity contribution in [2.45, 2.75) is 4.90 Å². The molecule has 0 atom stereocenters. The third-order valence-electron chi connectivity index (χ3n) is 4.12. The average Bonchev–Trinajstić information content (AvgIpc) is 2.61. The molecule has 0 radical (unpaired) electrons. The van der Waals surface area contributed by atoms with E-state index >= 15 is 0 Å². The number of aromatic nitrogens is 1. The van der Waals surface area contributed by atoms with Gasteiger partial charge in [-0.15, -0.1) is 0 Å². The van der Waals surface area contributed by atoms with E-state index in [2.05, 4.69) is 9.88 Å². The molecule has 0 aliphatic carbocycles. The zero-order valence-electron chi connectivity index (χ0n) is 13.4. The van der Waals surface area contributed by atoms with Gasteiger partial charge in [-0.3, -0.25) is 9.78 Å². The van der Waals surface area contributed by atoms with Gasteiger partial charge in [0, 0.05) is 56.1 Å². The third kappa shape index (κ3) is 3.56. The first-order valence-electron chi connectivity index (χ1n) is 7.69.